The average molecular weight is 532 g/mol. The number of aromatic amines is 1. The maximum absolute atomic E-state index is 6.63. The van der Waals surface area contributed by atoms with Gasteiger partial charge in [0.2, 0.25) is 0 Å². The standard InChI is InChI=1S/C34H37N5O/c1-24-6-13-32-31(12-11-30(24)25-4-2-5-29(22-25)38-18-20-40-21-19-38)37-33(26-14-17-36-23-26)39(32)28-9-7-27(8-10-28)34(35)15-3-16-34/h2,4-5,7-14,17,22-24,36H,3,6,15-16,18-21,35H2,1H3. The van der Waals surface area contributed by atoms with Crippen LogP contribution in [-0.2, 0) is 10.3 Å². The second-order valence-electron chi connectivity index (χ2n) is 11.5. The second-order valence-corrected chi connectivity index (χ2v) is 11.5. The lowest BCUT2D eigenvalue weighted by atomic mass is 9.73. The van der Waals surface area contributed by atoms with E-state index in [1.54, 1.807) is 0 Å². The van der Waals surface area contributed by atoms with Crippen molar-refractivity contribution in [2.75, 3.05) is 31.2 Å². The van der Waals surface area contributed by atoms with Crippen molar-refractivity contribution in [2.45, 2.75) is 38.1 Å². The minimum atomic E-state index is -0.165. The zero-order valence-electron chi connectivity index (χ0n) is 23.1. The molecule has 3 aliphatic rings. The SMILES string of the molecule is CC1CC=c2c(nc(-c3cc[nH]c3)n2-c2ccc(C3(N)CCC3)cc2)=CC=C1c1cccc(N2CCOCC2)c1. The van der Waals surface area contributed by atoms with Crippen molar-refractivity contribution in [3.63, 3.8) is 0 Å². The highest BCUT2D eigenvalue weighted by atomic mass is 16.5. The molecule has 2 aromatic heterocycles. The van der Waals surface area contributed by atoms with Crippen LogP contribution in [0.5, 0.6) is 0 Å². The molecule has 0 spiro atoms. The molecule has 6 heteroatoms. The van der Waals surface area contributed by atoms with Gasteiger partial charge in [0.05, 0.1) is 23.9 Å². The molecule has 3 heterocycles. The van der Waals surface area contributed by atoms with Crippen LogP contribution < -0.4 is 21.3 Å². The largest absolute Gasteiger partial charge is 0.378 e. The summed E-state index contributed by atoms with van der Waals surface area (Å²) in [4.78, 5) is 10.8. The average Bonchev–Trinajstić information content (AvgIpc) is 3.63. The molecule has 0 radical (unpaired) electrons. The summed E-state index contributed by atoms with van der Waals surface area (Å²) >= 11 is 0. The van der Waals surface area contributed by atoms with E-state index in [-0.39, 0.29) is 5.54 Å². The molecular weight excluding hydrogens is 494 g/mol. The van der Waals surface area contributed by atoms with Crippen LogP contribution in [0.25, 0.3) is 34.8 Å². The van der Waals surface area contributed by atoms with E-state index in [2.05, 4.69) is 94.2 Å². The van der Waals surface area contributed by atoms with Gasteiger partial charge in [-0.15, -0.1) is 0 Å². The van der Waals surface area contributed by atoms with Gasteiger partial charge in [0.1, 0.15) is 5.82 Å². The number of allylic oxidation sites excluding steroid dienone is 2. The zero-order valence-corrected chi connectivity index (χ0v) is 23.1. The van der Waals surface area contributed by atoms with Crippen molar-refractivity contribution >= 4 is 23.4 Å². The quantitative estimate of drug-likeness (QED) is 0.391. The van der Waals surface area contributed by atoms with Crippen LogP contribution in [-0.4, -0.2) is 40.8 Å². The van der Waals surface area contributed by atoms with E-state index >= 15 is 0 Å². The van der Waals surface area contributed by atoms with Crippen molar-refractivity contribution in [3.05, 3.63) is 94.9 Å². The first-order valence-electron chi connectivity index (χ1n) is 14.6. The summed E-state index contributed by atoms with van der Waals surface area (Å²) in [5, 5.41) is 2.13. The van der Waals surface area contributed by atoms with Crippen molar-refractivity contribution in [1.29, 1.82) is 0 Å². The molecule has 6 nitrogen and oxygen atoms in total. The Hall–Kier alpha value is -3.87. The minimum Gasteiger partial charge on any atom is -0.378 e. The van der Waals surface area contributed by atoms with Gasteiger partial charge >= 0.3 is 0 Å². The van der Waals surface area contributed by atoms with E-state index < -0.39 is 0 Å². The monoisotopic (exact) mass is 531 g/mol. The predicted molar refractivity (Wildman–Crippen MR) is 162 cm³/mol. The zero-order chi connectivity index (χ0) is 27.1. The Morgan fingerprint density at radius 1 is 0.975 bits per heavy atom. The summed E-state index contributed by atoms with van der Waals surface area (Å²) in [6.45, 7) is 5.78. The molecule has 1 unspecified atom stereocenters. The highest BCUT2D eigenvalue weighted by Gasteiger charge is 2.34. The third-order valence-corrected chi connectivity index (χ3v) is 8.92. The minimum absolute atomic E-state index is 0.165. The van der Waals surface area contributed by atoms with Gasteiger partial charge in [0.25, 0.3) is 0 Å². The number of ether oxygens (including phenoxy) is 1. The molecule has 0 amide bonds. The maximum Gasteiger partial charge on any atom is 0.147 e. The second kappa shape index (κ2) is 10.3. The molecule has 1 saturated carbocycles. The fourth-order valence-electron chi connectivity index (χ4n) is 6.31. The van der Waals surface area contributed by atoms with Gasteiger partial charge in [-0.25, -0.2) is 4.98 Å². The summed E-state index contributed by atoms with van der Waals surface area (Å²) < 4.78 is 7.87. The number of anilines is 1. The van der Waals surface area contributed by atoms with Crippen LogP contribution in [0.2, 0.25) is 0 Å². The molecule has 0 bridgehead atoms. The number of nitrogens with zero attached hydrogens (tertiary/aromatic N) is 3. The summed E-state index contributed by atoms with van der Waals surface area (Å²) in [6, 6.07) is 19.9. The summed E-state index contributed by atoms with van der Waals surface area (Å²) in [5.41, 5.74) is 13.8. The highest BCUT2D eigenvalue weighted by Crippen LogP contribution is 2.39. The van der Waals surface area contributed by atoms with Gasteiger partial charge in [-0.2, -0.15) is 0 Å². The molecule has 1 aliphatic heterocycles. The molecule has 1 atom stereocenters. The molecule has 2 aromatic carbocycles. The van der Waals surface area contributed by atoms with E-state index in [1.807, 2.05) is 12.4 Å². The molecule has 2 fully saturated rings. The normalized spacial score (nSPS) is 20.3. The molecule has 2 aliphatic carbocycles. The predicted octanol–water partition coefficient (Wildman–Crippen LogP) is 4.73. The summed E-state index contributed by atoms with van der Waals surface area (Å²) in [6.07, 6.45) is 15.1. The van der Waals surface area contributed by atoms with Gasteiger partial charge in [-0.05, 0) is 84.7 Å². The van der Waals surface area contributed by atoms with Crippen molar-refractivity contribution < 1.29 is 4.74 Å². The molecule has 7 rings (SSSR count). The highest BCUT2D eigenvalue weighted by molar-refractivity contribution is 5.76. The Morgan fingerprint density at radius 3 is 2.52 bits per heavy atom. The van der Waals surface area contributed by atoms with Gasteiger partial charge < -0.3 is 20.4 Å². The van der Waals surface area contributed by atoms with Gasteiger partial charge in [0.15, 0.2) is 0 Å². The first-order valence-corrected chi connectivity index (χ1v) is 14.6. The summed E-state index contributed by atoms with van der Waals surface area (Å²) in [5.74, 6) is 1.30. The lowest BCUT2D eigenvalue weighted by Crippen LogP contribution is -2.43. The first kappa shape index (κ1) is 25.1. The number of rotatable bonds is 5. The fourth-order valence-corrected chi connectivity index (χ4v) is 6.31. The fraction of sp³-hybridized carbons (Fsp3) is 0.324. The van der Waals surface area contributed by atoms with Crippen LogP contribution in [0.4, 0.5) is 5.69 Å². The number of hydrogen-bond acceptors (Lipinski definition) is 4. The Bertz CT molecular complexity index is 1650. The molecule has 3 N–H and O–H groups in total. The molecular formula is C34H37N5O. The number of nitrogens with one attached hydrogen (secondary N) is 1. The topological polar surface area (TPSA) is 72.1 Å². The van der Waals surface area contributed by atoms with E-state index in [0.29, 0.717) is 5.92 Å². The third-order valence-electron chi connectivity index (χ3n) is 8.92. The maximum atomic E-state index is 6.63. The third kappa shape index (κ3) is 4.51. The number of fused-ring (bicyclic) bond motifs is 1. The molecule has 4 aromatic rings. The van der Waals surface area contributed by atoms with Gasteiger partial charge in [-0.1, -0.05) is 43.3 Å². The molecule has 40 heavy (non-hydrogen) atoms. The van der Waals surface area contributed by atoms with Crippen LogP contribution in [0.1, 0.15) is 43.7 Å². The first-order chi connectivity index (χ1) is 19.6. The van der Waals surface area contributed by atoms with Gasteiger partial charge in [0, 0.05) is 48.0 Å². The van der Waals surface area contributed by atoms with Crippen LogP contribution >= 0.6 is 0 Å². The number of benzene rings is 2. The van der Waals surface area contributed by atoms with E-state index in [9.17, 15) is 0 Å². The Kier molecular flexibility index (Phi) is 6.45. The number of aromatic nitrogens is 3. The molecule has 1 saturated heterocycles. The van der Waals surface area contributed by atoms with Gasteiger partial charge in [-0.3, -0.25) is 4.57 Å². The number of nitrogens with two attached hydrogens (primary N) is 1. The number of H-pyrrole nitrogens is 1. The van der Waals surface area contributed by atoms with E-state index in [0.717, 1.165) is 73.3 Å². The van der Waals surface area contributed by atoms with Crippen LogP contribution in [0, 0.1) is 5.92 Å². The molecule has 204 valence electrons. The Morgan fingerprint density at radius 2 is 1.80 bits per heavy atom. The van der Waals surface area contributed by atoms with Crippen molar-refractivity contribution in [3.8, 4) is 17.1 Å². The van der Waals surface area contributed by atoms with Crippen molar-refractivity contribution in [1.82, 2.24) is 14.5 Å². The van der Waals surface area contributed by atoms with Crippen molar-refractivity contribution in [2.24, 2.45) is 11.7 Å². The van der Waals surface area contributed by atoms with Crippen LogP contribution in [0.3, 0.4) is 0 Å². The Labute approximate surface area is 235 Å². The van der Waals surface area contributed by atoms with E-state index in [4.69, 9.17) is 15.5 Å². The van der Waals surface area contributed by atoms with Crippen LogP contribution in [0.15, 0.2) is 73.1 Å². The Balaban J connectivity index is 1.32. The number of hydrogen-bond donors (Lipinski definition) is 2. The number of imidazole rings is 1. The summed E-state index contributed by atoms with van der Waals surface area (Å²) in [7, 11) is 0. The number of morpholine rings is 1. The lowest BCUT2D eigenvalue weighted by molar-refractivity contribution is 0.122. The van der Waals surface area contributed by atoms with E-state index in [1.165, 1.54) is 28.8 Å². The smallest absolute Gasteiger partial charge is 0.147 e. The lowest BCUT2D eigenvalue weighted by Gasteiger charge is -2.38.